The second kappa shape index (κ2) is 11.3. The molecule has 33 heavy (non-hydrogen) atoms. The first-order valence-corrected chi connectivity index (χ1v) is 13.0. The first kappa shape index (κ1) is 24.0. The van der Waals surface area contributed by atoms with Crippen molar-refractivity contribution in [1.82, 2.24) is 0 Å². The Morgan fingerprint density at radius 2 is 1.42 bits per heavy atom. The summed E-state index contributed by atoms with van der Waals surface area (Å²) in [6.07, 6.45) is 9.87. The van der Waals surface area contributed by atoms with Crippen molar-refractivity contribution in [3.05, 3.63) is 59.7 Å². The van der Waals surface area contributed by atoms with Crippen LogP contribution in [-0.2, 0) is 9.47 Å². The van der Waals surface area contributed by atoms with Gasteiger partial charge >= 0.3 is 0 Å². The number of rotatable bonds is 8. The van der Waals surface area contributed by atoms with Crippen molar-refractivity contribution in [2.75, 3.05) is 13.2 Å². The predicted molar refractivity (Wildman–Crippen MR) is 134 cm³/mol. The van der Waals surface area contributed by atoms with Crippen LogP contribution in [0.3, 0.4) is 0 Å². The molecule has 3 nitrogen and oxygen atoms in total. The van der Waals surface area contributed by atoms with E-state index in [1.807, 2.05) is 0 Å². The summed E-state index contributed by atoms with van der Waals surface area (Å²) in [6, 6.07) is 20.4. The fourth-order valence-electron chi connectivity index (χ4n) is 5.53. The van der Waals surface area contributed by atoms with Crippen LogP contribution in [-0.4, -0.2) is 13.2 Å². The van der Waals surface area contributed by atoms with Crippen LogP contribution >= 0.6 is 0 Å². The van der Waals surface area contributed by atoms with Crippen molar-refractivity contribution >= 4 is 0 Å². The summed E-state index contributed by atoms with van der Waals surface area (Å²) in [5.41, 5.74) is 4.90. The fourth-order valence-corrected chi connectivity index (χ4v) is 5.53. The van der Waals surface area contributed by atoms with E-state index >= 15 is 0 Å². The number of hydrogen-bond acceptors (Lipinski definition) is 3. The van der Waals surface area contributed by atoms with Gasteiger partial charge in [-0.1, -0.05) is 81.6 Å². The molecule has 1 aliphatic heterocycles. The standard InChI is InChI=1S/C30H39NO2/c1-3-5-17-30(22-31)18-15-27(16-19-30)26-9-7-24(8-10-26)25-11-13-28(14-12-25)29-32-20-23(6-4-2)21-33-29/h7-14,23,27,29H,3-6,15-21H2,1-2H3. The molecule has 2 fully saturated rings. The molecule has 3 heteroatoms. The van der Waals surface area contributed by atoms with Crippen molar-refractivity contribution in [1.29, 1.82) is 5.26 Å². The largest absolute Gasteiger partial charge is 0.348 e. The lowest BCUT2D eigenvalue weighted by Gasteiger charge is -2.35. The van der Waals surface area contributed by atoms with E-state index in [4.69, 9.17) is 9.47 Å². The average Bonchev–Trinajstić information content (AvgIpc) is 2.89. The third-order valence-electron chi connectivity index (χ3n) is 7.75. The SMILES string of the molecule is CCCCC1(C#N)CCC(c2ccc(-c3ccc(C4OCC(CCC)CO4)cc3)cc2)CC1. The maximum absolute atomic E-state index is 9.76. The molecule has 2 aliphatic rings. The molecule has 0 bridgehead atoms. The molecule has 176 valence electrons. The molecule has 0 spiro atoms. The lowest BCUT2D eigenvalue weighted by molar-refractivity contribution is -0.206. The van der Waals surface area contributed by atoms with Crippen LogP contribution in [0.2, 0.25) is 0 Å². The van der Waals surface area contributed by atoms with Crippen LogP contribution in [0, 0.1) is 22.7 Å². The van der Waals surface area contributed by atoms with Gasteiger partial charge in [0.1, 0.15) is 0 Å². The first-order valence-electron chi connectivity index (χ1n) is 13.0. The third kappa shape index (κ3) is 5.86. The minimum Gasteiger partial charge on any atom is -0.348 e. The maximum atomic E-state index is 9.76. The molecule has 0 unspecified atom stereocenters. The highest BCUT2D eigenvalue weighted by Crippen LogP contribution is 2.45. The Bertz CT molecular complexity index is 896. The highest BCUT2D eigenvalue weighted by atomic mass is 16.7. The summed E-state index contributed by atoms with van der Waals surface area (Å²) in [7, 11) is 0. The monoisotopic (exact) mass is 445 g/mol. The zero-order valence-electron chi connectivity index (χ0n) is 20.4. The molecule has 2 aromatic rings. The summed E-state index contributed by atoms with van der Waals surface area (Å²) in [6.45, 7) is 6.00. The molecule has 0 atom stereocenters. The zero-order chi connectivity index (χ0) is 23.1. The van der Waals surface area contributed by atoms with Crippen LogP contribution in [0.5, 0.6) is 0 Å². The van der Waals surface area contributed by atoms with Crippen LogP contribution < -0.4 is 0 Å². The number of benzene rings is 2. The van der Waals surface area contributed by atoms with Crippen LogP contribution in [0.4, 0.5) is 0 Å². The van der Waals surface area contributed by atoms with Gasteiger partial charge in [0.2, 0.25) is 0 Å². The lowest BCUT2D eigenvalue weighted by atomic mass is 9.67. The Kier molecular flexibility index (Phi) is 8.23. The second-order valence-corrected chi connectivity index (χ2v) is 10.2. The van der Waals surface area contributed by atoms with E-state index in [0.717, 1.165) is 50.9 Å². The van der Waals surface area contributed by atoms with Gasteiger partial charge in [-0.05, 0) is 61.1 Å². The van der Waals surface area contributed by atoms with Gasteiger partial charge < -0.3 is 9.47 Å². The van der Waals surface area contributed by atoms with E-state index < -0.39 is 0 Å². The van der Waals surface area contributed by atoms with Crippen molar-refractivity contribution in [2.24, 2.45) is 11.3 Å². The molecule has 4 rings (SSSR count). The molecule has 0 aromatic heterocycles. The molecule has 1 saturated carbocycles. The van der Waals surface area contributed by atoms with E-state index in [-0.39, 0.29) is 11.7 Å². The number of ether oxygens (including phenoxy) is 2. The minimum atomic E-state index is -0.237. The first-order chi connectivity index (χ1) is 16.2. The van der Waals surface area contributed by atoms with E-state index in [2.05, 4.69) is 68.4 Å². The normalized spacial score (nSPS) is 27.7. The molecule has 0 amide bonds. The summed E-state index contributed by atoms with van der Waals surface area (Å²) in [5.74, 6) is 1.11. The second-order valence-electron chi connectivity index (χ2n) is 10.2. The number of nitriles is 1. The van der Waals surface area contributed by atoms with Gasteiger partial charge in [-0.15, -0.1) is 0 Å². The molecule has 1 saturated heterocycles. The number of nitrogens with zero attached hydrogens (tertiary/aromatic N) is 1. The molecule has 1 aliphatic carbocycles. The lowest BCUT2D eigenvalue weighted by Crippen LogP contribution is -2.26. The molecule has 1 heterocycles. The molecular weight excluding hydrogens is 406 g/mol. The van der Waals surface area contributed by atoms with Crippen LogP contribution in [0.15, 0.2) is 48.5 Å². The summed E-state index contributed by atoms with van der Waals surface area (Å²) < 4.78 is 11.9. The van der Waals surface area contributed by atoms with Gasteiger partial charge in [-0.3, -0.25) is 0 Å². The van der Waals surface area contributed by atoms with E-state index in [1.165, 1.54) is 42.4 Å². The van der Waals surface area contributed by atoms with E-state index in [1.54, 1.807) is 0 Å². The van der Waals surface area contributed by atoms with Gasteiger partial charge in [0.25, 0.3) is 0 Å². The molecular formula is C30H39NO2. The Labute approximate surface area is 200 Å². The predicted octanol–water partition coefficient (Wildman–Crippen LogP) is 8.17. The van der Waals surface area contributed by atoms with Gasteiger partial charge in [-0.25, -0.2) is 0 Å². The highest BCUT2D eigenvalue weighted by molar-refractivity contribution is 5.64. The quantitative estimate of drug-likeness (QED) is 0.411. The average molecular weight is 446 g/mol. The summed E-state index contributed by atoms with van der Waals surface area (Å²) >= 11 is 0. The summed E-state index contributed by atoms with van der Waals surface area (Å²) in [4.78, 5) is 0. The maximum Gasteiger partial charge on any atom is 0.183 e. The van der Waals surface area contributed by atoms with Gasteiger partial charge in [0.15, 0.2) is 6.29 Å². The zero-order valence-corrected chi connectivity index (χ0v) is 20.4. The van der Waals surface area contributed by atoms with Crippen molar-refractivity contribution in [3.63, 3.8) is 0 Å². The third-order valence-corrected chi connectivity index (χ3v) is 7.75. The van der Waals surface area contributed by atoms with Gasteiger partial charge in [-0.2, -0.15) is 5.26 Å². The van der Waals surface area contributed by atoms with Gasteiger partial charge in [0.05, 0.1) is 24.7 Å². The van der Waals surface area contributed by atoms with Crippen molar-refractivity contribution < 1.29 is 9.47 Å². The Morgan fingerprint density at radius 1 is 0.848 bits per heavy atom. The summed E-state index contributed by atoms with van der Waals surface area (Å²) in [5, 5.41) is 9.76. The molecule has 0 N–H and O–H groups in total. The number of hydrogen-bond donors (Lipinski definition) is 0. The van der Waals surface area contributed by atoms with Crippen molar-refractivity contribution in [3.8, 4) is 17.2 Å². The van der Waals surface area contributed by atoms with Crippen LogP contribution in [0.25, 0.3) is 11.1 Å². The molecule has 2 aromatic carbocycles. The number of unbranched alkanes of at least 4 members (excludes halogenated alkanes) is 1. The van der Waals surface area contributed by atoms with E-state index in [9.17, 15) is 5.26 Å². The van der Waals surface area contributed by atoms with E-state index in [0.29, 0.717) is 11.8 Å². The Morgan fingerprint density at radius 3 is 1.94 bits per heavy atom. The van der Waals surface area contributed by atoms with Crippen molar-refractivity contribution in [2.45, 2.75) is 83.8 Å². The smallest absolute Gasteiger partial charge is 0.183 e. The van der Waals surface area contributed by atoms with Crippen LogP contribution in [0.1, 0.15) is 95.0 Å². The Balaban J connectivity index is 1.34. The van der Waals surface area contributed by atoms with Gasteiger partial charge in [0, 0.05) is 11.5 Å². The fraction of sp³-hybridized carbons (Fsp3) is 0.567. The minimum absolute atomic E-state index is 0.0725. The highest BCUT2D eigenvalue weighted by Gasteiger charge is 2.35. The molecule has 0 radical (unpaired) electrons. The topological polar surface area (TPSA) is 42.2 Å². The Hall–Kier alpha value is -2.15.